The second-order valence-corrected chi connectivity index (χ2v) is 14.9. The monoisotopic (exact) mass is 502 g/mol. The normalized spacial score (nSPS) is 53.9. The summed E-state index contributed by atoms with van der Waals surface area (Å²) in [6.45, 7) is 12.4. The van der Waals surface area contributed by atoms with Crippen LogP contribution in [0, 0.1) is 50.2 Å². The lowest BCUT2D eigenvalue weighted by molar-refractivity contribution is -0.216. The van der Waals surface area contributed by atoms with Crippen molar-refractivity contribution in [2.75, 3.05) is 6.61 Å². The Kier molecular flexibility index (Phi) is 5.61. The van der Waals surface area contributed by atoms with Gasteiger partial charge in [-0.15, -0.1) is 0 Å². The number of aliphatic hydroxyl groups is 3. The topological polar surface area (TPSA) is 115 Å². The summed E-state index contributed by atoms with van der Waals surface area (Å²) in [7, 11) is 0. The summed E-state index contributed by atoms with van der Waals surface area (Å²) in [6, 6.07) is 0. The van der Waals surface area contributed by atoms with Gasteiger partial charge in [-0.25, -0.2) is 0 Å². The number of carboxylic acids is 1. The van der Waals surface area contributed by atoms with Gasteiger partial charge in [-0.05, 0) is 72.5 Å². The lowest BCUT2D eigenvalue weighted by Crippen LogP contribution is -2.69. The minimum Gasteiger partial charge on any atom is -0.481 e. The Morgan fingerprint density at radius 3 is 2.25 bits per heavy atom. The standard InChI is InChI=1S/C30H46O6/c1-25(2)11-13-30(24(35)36)14-12-28(5)17(21(30)23(25)34)7-8-19-26(3)10-9-20(33)27(4,16-31)22(26)18(32)15-29(19,28)6/h7,19-23,31,33-34H,8-16H2,1-6H3,(H,35,36). The van der Waals surface area contributed by atoms with Gasteiger partial charge in [-0.3, -0.25) is 9.59 Å². The molecule has 6 nitrogen and oxygen atoms in total. The zero-order valence-corrected chi connectivity index (χ0v) is 22.9. The second kappa shape index (κ2) is 7.66. The van der Waals surface area contributed by atoms with Crippen molar-refractivity contribution in [3.63, 3.8) is 0 Å². The molecule has 4 fully saturated rings. The molecular formula is C30H46O6. The van der Waals surface area contributed by atoms with Gasteiger partial charge in [0.05, 0.1) is 24.2 Å². The molecule has 10 atom stereocenters. The molecule has 5 aliphatic rings. The maximum atomic E-state index is 14.1. The van der Waals surface area contributed by atoms with E-state index < -0.39 is 46.3 Å². The number of carbonyl (C=O) groups excluding carboxylic acids is 1. The minimum absolute atomic E-state index is 0.119. The Hall–Kier alpha value is -1.24. The van der Waals surface area contributed by atoms with Crippen LogP contribution in [0.25, 0.3) is 0 Å². The van der Waals surface area contributed by atoms with Crippen molar-refractivity contribution in [1.82, 2.24) is 0 Å². The molecule has 202 valence electrons. The van der Waals surface area contributed by atoms with Gasteiger partial charge >= 0.3 is 5.97 Å². The van der Waals surface area contributed by atoms with Crippen molar-refractivity contribution >= 4 is 11.8 Å². The summed E-state index contributed by atoms with van der Waals surface area (Å²) >= 11 is 0. The molecule has 0 amide bonds. The second-order valence-electron chi connectivity index (χ2n) is 14.9. The number of ketones is 1. The van der Waals surface area contributed by atoms with Crippen molar-refractivity contribution in [1.29, 1.82) is 0 Å². The lowest BCUT2D eigenvalue weighted by atomic mass is 9.33. The minimum atomic E-state index is -0.959. The number of carboxylic acid groups (broad SMARTS) is 1. The number of hydrogen-bond acceptors (Lipinski definition) is 5. The Balaban J connectivity index is 1.66. The van der Waals surface area contributed by atoms with Gasteiger partial charge < -0.3 is 20.4 Å². The van der Waals surface area contributed by atoms with Crippen LogP contribution in [0.3, 0.4) is 0 Å². The average molecular weight is 503 g/mol. The van der Waals surface area contributed by atoms with Crippen LogP contribution >= 0.6 is 0 Å². The maximum absolute atomic E-state index is 14.1. The lowest BCUT2D eigenvalue weighted by Gasteiger charge is -2.70. The Bertz CT molecular complexity index is 1020. The van der Waals surface area contributed by atoms with Crippen LogP contribution < -0.4 is 0 Å². The molecule has 0 spiro atoms. The molecular weight excluding hydrogens is 456 g/mol. The summed E-state index contributed by atoms with van der Waals surface area (Å²) in [4.78, 5) is 26.9. The molecule has 0 aromatic heterocycles. The first-order chi connectivity index (χ1) is 16.5. The van der Waals surface area contributed by atoms with E-state index in [-0.39, 0.29) is 34.6 Å². The highest BCUT2D eigenvalue weighted by atomic mass is 16.4. The van der Waals surface area contributed by atoms with E-state index in [9.17, 15) is 30.0 Å². The van der Waals surface area contributed by atoms with Crippen molar-refractivity contribution < 1.29 is 30.0 Å². The smallest absolute Gasteiger partial charge is 0.310 e. The molecule has 0 aromatic carbocycles. The van der Waals surface area contributed by atoms with E-state index in [1.54, 1.807) is 0 Å². The number of fused-ring (bicyclic) bond motifs is 7. The summed E-state index contributed by atoms with van der Waals surface area (Å²) < 4.78 is 0. The predicted octanol–water partition coefficient (Wildman–Crippen LogP) is 4.36. The van der Waals surface area contributed by atoms with E-state index >= 15 is 0 Å². The quantitative estimate of drug-likeness (QED) is 0.417. The van der Waals surface area contributed by atoms with Crippen LogP contribution in [0.4, 0.5) is 0 Å². The van der Waals surface area contributed by atoms with Gasteiger partial charge in [0.15, 0.2) is 0 Å². The van der Waals surface area contributed by atoms with Gasteiger partial charge in [-0.2, -0.15) is 0 Å². The summed E-state index contributed by atoms with van der Waals surface area (Å²) in [5.74, 6) is -1.37. The Morgan fingerprint density at radius 2 is 1.64 bits per heavy atom. The van der Waals surface area contributed by atoms with E-state index in [1.165, 1.54) is 0 Å². The third-order valence-electron chi connectivity index (χ3n) is 13.0. The summed E-state index contributed by atoms with van der Waals surface area (Å²) in [5, 5.41) is 43.4. The highest BCUT2D eigenvalue weighted by Gasteiger charge is 2.72. The molecule has 0 heterocycles. The van der Waals surface area contributed by atoms with E-state index in [4.69, 9.17) is 0 Å². The summed E-state index contributed by atoms with van der Waals surface area (Å²) in [5.41, 5.74) is -2.28. The zero-order valence-electron chi connectivity index (χ0n) is 22.9. The molecule has 0 bridgehead atoms. The molecule has 5 aliphatic carbocycles. The van der Waals surface area contributed by atoms with Crippen LogP contribution in [-0.2, 0) is 9.59 Å². The number of rotatable bonds is 2. The van der Waals surface area contributed by atoms with Crippen LogP contribution in [0.2, 0.25) is 0 Å². The largest absolute Gasteiger partial charge is 0.481 e. The van der Waals surface area contributed by atoms with Crippen LogP contribution in [0.15, 0.2) is 11.6 Å². The van der Waals surface area contributed by atoms with E-state index in [0.717, 1.165) is 18.4 Å². The van der Waals surface area contributed by atoms with Crippen molar-refractivity contribution in [3.8, 4) is 0 Å². The maximum Gasteiger partial charge on any atom is 0.310 e. The molecule has 4 saturated carbocycles. The van der Waals surface area contributed by atoms with E-state index in [1.807, 2.05) is 20.8 Å². The fraction of sp³-hybridized carbons (Fsp3) is 0.867. The molecule has 5 rings (SSSR count). The predicted molar refractivity (Wildman–Crippen MR) is 136 cm³/mol. The number of hydrogen-bond donors (Lipinski definition) is 4. The average Bonchev–Trinajstić information content (AvgIpc) is 2.79. The fourth-order valence-corrected chi connectivity index (χ4v) is 10.5. The van der Waals surface area contributed by atoms with Gasteiger partial charge in [0, 0.05) is 23.7 Å². The third kappa shape index (κ3) is 2.90. The van der Waals surface area contributed by atoms with Crippen LogP contribution in [-0.4, -0.2) is 51.0 Å². The highest BCUT2D eigenvalue weighted by molar-refractivity contribution is 5.85. The van der Waals surface area contributed by atoms with Gasteiger partial charge in [0.25, 0.3) is 0 Å². The number of carbonyl (C=O) groups is 2. The first-order valence-corrected chi connectivity index (χ1v) is 14.0. The molecule has 0 radical (unpaired) electrons. The summed E-state index contributed by atoms with van der Waals surface area (Å²) in [6.07, 6.45) is 5.64. The number of aliphatic carboxylic acids is 1. The molecule has 0 aliphatic heterocycles. The van der Waals surface area contributed by atoms with Crippen molar-refractivity contribution in [2.24, 2.45) is 50.2 Å². The molecule has 36 heavy (non-hydrogen) atoms. The third-order valence-corrected chi connectivity index (χ3v) is 13.0. The van der Waals surface area contributed by atoms with E-state index in [2.05, 4.69) is 26.8 Å². The van der Waals surface area contributed by atoms with Gasteiger partial charge in [0.1, 0.15) is 5.78 Å². The Labute approximate surface area is 215 Å². The number of aliphatic hydroxyl groups excluding tert-OH is 3. The molecule has 10 unspecified atom stereocenters. The number of allylic oxidation sites excluding steroid dienone is 1. The number of Topliss-reactive ketones (excluding diaryl/α,β-unsaturated/α-hetero) is 1. The SMILES string of the molecule is CC1(C)CCC2(C(=O)O)CCC3(C)C(=CCC4C5(C)CCC(O)C(C)(CO)C5C(=O)CC43C)C2C1O. The zero-order chi connectivity index (χ0) is 26.7. The first-order valence-electron chi connectivity index (χ1n) is 14.0. The van der Waals surface area contributed by atoms with Crippen LogP contribution in [0.5, 0.6) is 0 Å². The van der Waals surface area contributed by atoms with Crippen molar-refractivity contribution in [2.45, 2.75) is 105 Å². The van der Waals surface area contributed by atoms with Gasteiger partial charge in [0.2, 0.25) is 0 Å². The molecule has 0 saturated heterocycles. The highest BCUT2D eigenvalue weighted by Crippen LogP contribution is 2.75. The fourth-order valence-electron chi connectivity index (χ4n) is 10.5. The molecule has 0 aromatic rings. The van der Waals surface area contributed by atoms with E-state index in [0.29, 0.717) is 38.5 Å². The Morgan fingerprint density at radius 1 is 1.00 bits per heavy atom. The van der Waals surface area contributed by atoms with Gasteiger partial charge in [-0.1, -0.05) is 53.2 Å². The molecule has 4 N–H and O–H groups in total. The van der Waals surface area contributed by atoms with Crippen LogP contribution in [0.1, 0.15) is 92.9 Å². The van der Waals surface area contributed by atoms with Crippen molar-refractivity contribution in [3.05, 3.63) is 11.6 Å². The molecule has 6 heteroatoms. The first kappa shape index (κ1) is 26.4.